The van der Waals surface area contributed by atoms with Crippen LogP contribution in [0.15, 0.2) is 11.0 Å². The second-order valence-corrected chi connectivity index (χ2v) is 3.07. The molecule has 0 aromatic heterocycles. The number of hydrogen-bond acceptors (Lipinski definition) is 1. The molecule has 0 N–H and O–H groups in total. The maximum absolute atomic E-state index is 3.68. The maximum atomic E-state index is 3.68. The van der Waals surface area contributed by atoms with Crippen molar-refractivity contribution < 1.29 is 3.98 Å². The molecule has 0 unspecified atom stereocenters. The SMILES string of the molecule is C=[N+](C)S/C(C)=C\C. The lowest BCUT2D eigenvalue weighted by molar-refractivity contribution is -0.294. The molecular formula is C6H12NS+. The van der Waals surface area contributed by atoms with Crippen LogP contribution in [0.2, 0.25) is 0 Å². The van der Waals surface area contributed by atoms with Crippen molar-refractivity contribution in [2.45, 2.75) is 13.8 Å². The standard InChI is InChI=1S/C6H12NS/c1-5-6(2)8-7(3)4/h5H,3H2,1-2,4H3/q+1/b6-5-. The number of nitrogens with zero attached hydrogens (tertiary/aromatic N) is 1. The molecule has 2 heteroatoms. The molecule has 0 rings (SSSR count). The van der Waals surface area contributed by atoms with Gasteiger partial charge in [0.15, 0.2) is 11.9 Å². The summed E-state index contributed by atoms with van der Waals surface area (Å²) in [6.07, 6.45) is 2.06. The summed E-state index contributed by atoms with van der Waals surface area (Å²) < 4.78 is 1.83. The summed E-state index contributed by atoms with van der Waals surface area (Å²) in [7, 11) is 1.93. The van der Waals surface area contributed by atoms with Crippen molar-refractivity contribution in [3.05, 3.63) is 11.0 Å². The number of hydrogen-bond donors (Lipinski definition) is 0. The first kappa shape index (κ1) is 7.76. The fraction of sp³-hybridized carbons (Fsp3) is 0.500. The molecule has 0 bridgehead atoms. The van der Waals surface area contributed by atoms with Gasteiger partial charge in [0.25, 0.3) is 0 Å². The second-order valence-electron chi connectivity index (χ2n) is 1.62. The molecule has 0 atom stereocenters. The van der Waals surface area contributed by atoms with Gasteiger partial charge in [0, 0.05) is 4.91 Å². The molecule has 0 saturated heterocycles. The van der Waals surface area contributed by atoms with Crippen LogP contribution in [0.1, 0.15) is 13.8 Å². The van der Waals surface area contributed by atoms with Crippen LogP contribution in [-0.2, 0) is 0 Å². The van der Waals surface area contributed by atoms with Crippen molar-refractivity contribution in [1.82, 2.24) is 0 Å². The number of allylic oxidation sites excluding steroid dienone is 2. The Labute approximate surface area is 55.2 Å². The predicted octanol–water partition coefficient (Wildman–Crippen LogP) is 1.90. The summed E-state index contributed by atoms with van der Waals surface area (Å²) >= 11 is 1.64. The van der Waals surface area contributed by atoms with Gasteiger partial charge in [-0.15, -0.1) is 0 Å². The van der Waals surface area contributed by atoms with E-state index in [1.54, 1.807) is 11.9 Å². The van der Waals surface area contributed by atoms with Crippen molar-refractivity contribution in [3.8, 4) is 0 Å². The Hall–Kier alpha value is -0.240. The lowest BCUT2D eigenvalue weighted by Crippen LogP contribution is -1.86. The molecule has 0 aromatic carbocycles. The normalized spacial score (nSPS) is 11.6. The van der Waals surface area contributed by atoms with Crippen molar-refractivity contribution >= 4 is 18.7 Å². The van der Waals surface area contributed by atoms with Gasteiger partial charge in [0.2, 0.25) is 0 Å². The third-order valence-electron chi connectivity index (χ3n) is 0.706. The second kappa shape index (κ2) is 3.72. The molecule has 46 valence electrons. The van der Waals surface area contributed by atoms with Crippen LogP contribution >= 0.6 is 11.9 Å². The van der Waals surface area contributed by atoms with E-state index in [0.717, 1.165) is 0 Å². The van der Waals surface area contributed by atoms with Crippen LogP contribution < -0.4 is 0 Å². The molecule has 1 nitrogen and oxygen atoms in total. The monoisotopic (exact) mass is 130 g/mol. The van der Waals surface area contributed by atoms with Gasteiger partial charge in [-0.3, -0.25) is 0 Å². The van der Waals surface area contributed by atoms with Crippen LogP contribution in [0.4, 0.5) is 0 Å². The minimum Gasteiger partial charge on any atom is -0.171 e. The topological polar surface area (TPSA) is 3.01 Å². The Bertz CT molecular complexity index is 116. The molecule has 0 aliphatic heterocycles. The summed E-state index contributed by atoms with van der Waals surface area (Å²) in [5.41, 5.74) is 0. The molecular weight excluding hydrogens is 118 g/mol. The van der Waals surface area contributed by atoms with Gasteiger partial charge in [-0.05, 0) is 13.8 Å². The van der Waals surface area contributed by atoms with Crippen molar-refractivity contribution in [3.63, 3.8) is 0 Å². The van der Waals surface area contributed by atoms with Gasteiger partial charge in [-0.1, -0.05) is 6.08 Å². The summed E-state index contributed by atoms with van der Waals surface area (Å²) in [5.74, 6) is 0. The van der Waals surface area contributed by atoms with Crippen molar-refractivity contribution in [1.29, 1.82) is 0 Å². The zero-order valence-corrected chi connectivity index (χ0v) is 6.46. The molecule has 0 radical (unpaired) electrons. The van der Waals surface area contributed by atoms with E-state index in [1.165, 1.54) is 4.91 Å². The molecule has 8 heavy (non-hydrogen) atoms. The first-order valence-electron chi connectivity index (χ1n) is 2.52. The highest BCUT2D eigenvalue weighted by Crippen LogP contribution is 2.11. The lowest BCUT2D eigenvalue weighted by Gasteiger charge is -1.87. The van der Waals surface area contributed by atoms with Crippen molar-refractivity contribution in [2.75, 3.05) is 7.05 Å². The summed E-state index contributed by atoms with van der Waals surface area (Å²) in [6.45, 7) is 7.76. The van der Waals surface area contributed by atoms with E-state index in [9.17, 15) is 0 Å². The predicted molar refractivity (Wildman–Crippen MR) is 40.3 cm³/mol. The highest BCUT2D eigenvalue weighted by Gasteiger charge is 1.94. The fourth-order valence-electron chi connectivity index (χ4n) is 0.299. The van der Waals surface area contributed by atoms with Crippen LogP contribution in [-0.4, -0.2) is 17.7 Å². The van der Waals surface area contributed by atoms with E-state index in [-0.39, 0.29) is 0 Å². The third kappa shape index (κ3) is 3.93. The first-order chi connectivity index (χ1) is 3.66. The molecule has 0 amide bonds. The zero-order chi connectivity index (χ0) is 6.57. The molecule has 0 aliphatic carbocycles. The first-order valence-corrected chi connectivity index (χ1v) is 3.29. The number of rotatable bonds is 2. The zero-order valence-electron chi connectivity index (χ0n) is 5.64. The Morgan fingerprint density at radius 3 is 2.38 bits per heavy atom. The molecule has 0 aromatic rings. The minimum absolute atomic E-state index is 1.28. The minimum atomic E-state index is 1.28. The molecule has 0 aliphatic rings. The van der Waals surface area contributed by atoms with E-state index in [1.807, 2.05) is 18.0 Å². The third-order valence-corrected chi connectivity index (χ3v) is 1.54. The van der Waals surface area contributed by atoms with E-state index in [4.69, 9.17) is 0 Å². The Balaban J connectivity index is 3.56. The Kier molecular flexibility index (Phi) is 3.61. The average molecular weight is 130 g/mol. The Morgan fingerprint density at radius 1 is 1.75 bits per heavy atom. The van der Waals surface area contributed by atoms with Gasteiger partial charge < -0.3 is 0 Å². The molecule has 0 heterocycles. The average Bonchev–Trinajstić information content (AvgIpc) is 1.65. The smallest absolute Gasteiger partial charge is 0.171 e. The van der Waals surface area contributed by atoms with Gasteiger partial charge in [0.05, 0.1) is 0 Å². The molecule has 0 fully saturated rings. The molecule has 0 spiro atoms. The van der Waals surface area contributed by atoms with Gasteiger partial charge in [-0.25, -0.2) is 0 Å². The van der Waals surface area contributed by atoms with Crippen molar-refractivity contribution in [2.24, 2.45) is 0 Å². The van der Waals surface area contributed by atoms with Crippen LogP contribution in [0, 0.1) is 0 Å². The molecule has 0 saturated carbocycles. The van der Waals surface area contributed by atoms with Crippen LogP contribution in [0.3, 0.4) is 0 Å². The Morgan fingerprint density at radius 2 is 2.25 bits per heavy atom. The largest absolute Gasteiger partial charge is 0.190 e. The highest BCUT2D eigenvalue weighted by molar-refractivity contribution is 7.97. The quantitative estimate of drug-likeness (QED) is 0.313. The van der Waals surface area contributed by atoms with E-state index < -0.39 is 0 Å². The van der Waals surface area contributed by atoms with Crippen LogP contribution in [0.5, 0.6) is 0 Å². The van der Waals surface area contributed by atoms with E-state index in [0.29, 0.717) is 0 Å². The van der Waals surface area contributed by atoms with E-state index in [2.05, 4.69) is 19.7 Å². The van der Waals surface area contributed by atoms with Crippen LogP contribution in [0.25, 0.3) is 0 Å². The van der Waals surface area contributed by atoms with E-state index >= 15 is 0 Å². The maximum Gasteiger partial charge on any atom is 0.190 e. The lowest BCUT2D eigenvalue weighted by atomic mass is 10.6. The summed E-state index contributed by atoms with van der Waals surface area (Å²) in [5, 5.41) is 0. The summed E-state index contributed by atoms with van der Waals surface area (Å²) in [6, 6.07) is 0. The fourth-order valence-corrected chi connectivity index (χ4v) is 0.896. The van der Waals surface area contributed by atoms with Gasteiger partial charge >= 0.3 is 0 Å². The highest BCUT2D eigenvalue weighted by atomic mass is 32.2. The summed E-state index contributed by atoms with van der Waals surface area (Å²) in [4.78, 5) is 1.28. The van der Waals surface area contributed by atoms with Gasteiger partial charge in [0.1, 0.15) is 13.8 Å². The van der Waals surface area contributed by atoms with Gasteiger partial charge in [-0.2, -0.15) is 3.98 Å².